The fourth-order valence-corrected chi connectivity index (χ4v) is 1.47. The maximum atomic E-state index is 11.3. The van der Waals surface area contributed by atoms with Gasteiger partial charge in [-0.25, -0.2) is 4.79 Å². The fourth-order valence-electron chi connectivity index (χ4n) is 1.47. The maximum Gasteiger partial charge on any atom is 0.409 e. The Morgan fingerprint density at radius 2 is 2.43 bits per heavy atom. The molecule has 1 amide bonds. The Bertz CT molecular complexity index is 230. The molecule has 80 valence electrons. The fraction of sp³-hybridized carbons (Fsp3) is 0.778. The van der Waals surface area contributed by atoms with Gasteiger partial charge in [0.1, 0.15) is 0 Å². The van der Waals surface area contributed by atoms with Gasteiger partial charge in [0.2, 0.25) is 0 Å². The molecule has 0 aliphatic carbocycles. The van der Waals surface area contributed by atoms with Crippen LogP contribution in [0.15, 0.2) is 0 Å². The minimum atomic E-state index is -0.333. The second kappa shape index (κ2) is 4.95. The largest absolute Gasteiger partial charge is 0.450 e. The minimum absolute atomic E-state index is 0.160. The summed E-state index contributed by atoms with van der Waals surface area (Å²) in [5.74, 6) is 0.160. The molecule has 1 fully saturated rings. The summed E-state index contributed by atoms with van der Waals surface area (Å²) >= 11 is 0. The van der Waals surface area contributed by atoms with Crippen LogP contribution >= 0.6 is 0 Å². The quantitative estimate of drug-likeness (QED) is 0.682. The van der Waals surface area contributed by atoms with Crippen molar-refractivity contribution in [3.63, 3.8) is 0 Å². The van der Waals surface area contributed by atoms with Crippen molar-refractivity contribution >= 4 is 11.9 Å². The molecule has 0 spiro atoms. The van der Waals surface area contributed by atoms with E-state index in [4.69, 9.17) is 4.74 Å². The number of nitrogens with zero attached hydrogens (tertiary/aromatic N) is 1. The lowest BCUT2D eigenvalue weighted by atomic mass is 10.1. The Labute approximate surface area is 83.4 Å². The van der Waals surface area contributed by atoms with Gasteiger partial charge in [-0.3, -0.25) is 4.79 Å². The molecule has 1 N–H and O–H groups in total. The van der Waals surface area contributed by atoms with Crippen LogP contribution in [0.1, 0.15) is 13.3 Å². The molecule has 5 nitrogen and oxygen atoms in total. The minimum Gasteiger partial charge on any atom is -0.450 e. The van der Waals surface area contributed by atoms with E-state index in [1.807, 2.05) is 0 Å². The number of hydrogen-bond acceptors (Lipinski definition) is 4. The Morgan fingerprint density at radius 3 is 3.00 bits per heavy atom. The number of hydrogen-bond donors (Lipinski definition) is 1. The Balaban J connectivity index is 2.49. The summed E-state index contributed by atoms with van der Waals surface area (Å²) in [6, 6.07) is -0.242. The van der Waals surface area contributed by atoms with Gasteiger partial charge in [-0.05, 0) is 14.0 Å². The van der Waals surface area contributed by atoms with Gasteiger partial charge >= 0.3 is 6.09 Å². The predicted octanol–water partition coefficient (Wildman–Crippen LogP) is 0.00570. The number of ketones is 1. The molecule has 0 aromatic rings. The number of likely N-dealkylation sites (tertiary alicyclic amines) is 1. The summed E-state index contributed by atoms with van der Waals surface area (Å²) in [6.07, 6.45) is 0.0740. The normalized spacial score (nSPS) is 22.3. The number of Topliss-reactive ketones (excluding diaryl/α,β-unsaturated/α-hetero) is 1. The van der Waals surface area contributed by atoms with Crippen LogP contribution in [0.4, 0.5) is 4.79 Å². The molecule has 0 bridgehead atoms. The number of ether oxygens (including phenoxy) is 1. The zero-order valence-electron chi connectivity index (χ0n) is 8.58. The monoisotopic (exact) mass is 200 g/mol. The number of rotatable bonds is 2. The van der Waals surface area contributed by atoms with Crippen LogP contribution in [0, 0.1) is 0 Å². The highest BCUT2D eigenvalue weighted by Crippen LogP contribution is 2.07. The van der Waals surface area contributed by atoms with E-state index in [1.165, 1.54) is 0 Å². The molecule has 0 aromatic heterocycles. The number of amides is 1. The van der Waals surface area contributed by atoms with E-state index in [0.29, 0.717) is 26.1 Å². The van der Waals surface area contributed by atoms with Crippen molar-refractivity contribution in [1.29, 1.82) is 0 Å². The van der Waals surface area contributed by atoms with Crippen molar-refractivity contribution in [2.24, 2.45) is 0 Å². The average molecular weight is 200 g/mol. The highest BCUT2D eigenvalue weighted by molar-refractivity contribution is 5.86. The van der Waals surface area contributed by atoms with E-state index in [2.05, 4.69) is 5.32 Å². The summed E-state index contributed by atoms with van der Waals surface area (Å²) in [6.45, 7) is 3.01. The summed E-state index contributed by atoms with van der Waals surface area (Å²) in [5.41, 5.74) is 0. The molecule has 1 aliphatic rings. The molecule has 14 heavy (non-hydrogen) atoms. The molecule has 1 unspecified atom stereocenters. The molecular formula is C9H16N2O3. The highest BCUT2D eigenvalue weighted by Gasteiger charge is 2.29. The molecule has 0 radical (unpaired) electrons. The van der Waals surface area contributed by atoms with Gasteiger partial charge in [0.25, 0.3) is 0 Å². The van der Waals surface area contributed by atoms with Gasteiger partial charge in [-0.1, -0.05) is 0 Å². The number of likely N-dealkylation sites (N-methyl/N-ethyl adjacent to an activating group) is 1. The van der Waals surface area contributed by atoms with Gasteiger partial charge in [-0.15, -0.1) is 0 Å². The standard InChI is InChI=1S/C9H16N2O3/c1-3-14-9(13)11-5-4-8(12)7(6-11)10-2/h7,10H,3-6H2,1-2H3. The van der Waals surface area contributed by atoms with Gasteiger partial charge in [0.15, 0.2) is 5.78 Å². The lowest BCUT2D eigenvalue weighted by Gasteiger charge is -2.30. The van der Waals surface area contributed by atoms with Crippen molar-refractivity contribution in [3.05, 3.63) is 0 Å². The molecule has 1 heterocycles. The van der Waals surface area contributed by atoms with Gasteiger partial charge < -0.3 is 15.0 Å². The number of carbonyl (C=O) groups excluding carboxylic acids is 2. The zero-order chi connectivity index (χ0) is 10.6. The molecule has 1 atom stereocenters. The smallest absolute Gasteiger partial charge is 0.409 e. The first-order valence-electron chi connectivity index (χ1n) is 4.80. The van der Waals surface area contributed by atoms with E-state index in [-0.39, 0.29) is 17.9 Å². The van der Waals surface area contributed by atoms with Crippen LogP contribution in [0.2, 0.25) is 0 Å². The van der Waals surface area contributed by atoms with Crippen molar-refractivity contribution < 1.29 is 14.3 Å². The number of nitrogens with one attached hydrogen (secondary N) is 1. The molecule has 1 saturated heterocycles. The topological polar surface area (TPSA) is 58.6 Å². The van der Waals surface area contributed by atoms with Crippen LogP contribution in [0.5, 0.6) is 0 Å². The van der Waals surface area contributed by atoms with Crippen molar-refractivity contribution in [2.45, 2.75) is 19.4 Å². The van der Waals surface area contributed by atoms with Crippen LogP contribution in [0.25, 0.3) is 0 Å². The zero-order valence-corrected chi connectivity index (χ0v) is 8.58. The van der Waals surface area contributed by atoms with E-state index >= 15 is 0 Å². The van der Waals surface area contributed by atoms with E-state index in [1.54, 1.807) is 18.9 Å². The first kappa shape index (κ1) is 11.0. The summed E-state index contributed by atoms with van der Waals surface area (Å²) in [4.78, 5) is 24.2. The van der Waals surface area contributed by atoms with Crippen LogP contribution < -0.4 is 5.32 Å². The number of carbonyl (C=O) groups is 2. The number of piperidine rings is 1. The lowest BCUT2D eigenvalue weighted by molar-refractivity contribution is -0.123. The predicted molar refractivity (Wildman–Crippen MR) is 51.1 cm³/mol. The summed E-state index contributed by atoms with van der Waals surface area (Å²) in [7, 11) is 1.72. The summed E-state index contributed by atoms with van der Waals surface area (Å²) < 4.78 is 4.86. The van der Waals surface area contributed by atoms with E-state index in [9.17, 15) is 9.59 Å². The third kappa shape index (κ3) is 2.45. The Hall–Kier alpha value is -1.10. The van der Waals surface area contributed by atoms with Crippen LogP contribution in [-0.4, -0.2) is 49.6 Å². The van der Waals surface area contributed by atoms with Gasteiger partial charge in [-0.2, -0.15) is 0 Å². The molecule has 1 aliphatic heterocycles. The van der Waals surface area contributed by atoms with Crippen LogP contribution in [-0.2, 0) is 9.53 Å². The van der Waals surface area contributed by atoms with E-state index < -0.39 is 0 Å². The van der Waals surface area contributed by atoms with Crippen molar-refractivity contribution in [2.75, 3.05) is 26.7 Å². The second-order valence-electron chi connectivity index (χ2n) is 3.20. The highest BCUT2D eigenvalue weighted by atomic mass is 16.6. The average Bonchev–Trinajstić information content (AvgIpc) is 2.19. The third-order valence-corrected chi connectivity index (χ3v) is 2.29. The van der Waals surface area contributed by atoms with Crippen molar-refractivity contribution in [1.82, 2.24) is 10.2 Å². The first-order valence-corrected chi connectivity index (χ1v) is 4.80. The van der Waals surface area contributed by atoms with Gasteiger partial charge in [0.05, 0.1) is 12.6 Å². The molecule has 1 rings (SSSR count). The SMILES string of the molecule is CCOC(=O)N1CCC(=O)C(NC)C1. The third-order valence-electron chi connectivity index (χ3n) is 2.29. The molecule has 0 aromatic carbocycles. The second-order valence-corrected chi connectivity index (χ2v) is 3.20. The lowest BCUT2D eigenvalue weighted by Crippen LogP contribution is -2.52. The summed E-state index contributed by atoms with van der Waals surface area (Å²) in [5, 5.41) is 2.88. The van der Waals surface area contributed by atoms with Crippen LogP contribution in [0.3, 0.4) is 0 Å². The maximum absolute atomic E-state index is 11.3. The van der Waals surface area contributed by atoms with Gasteiger partial charge in [0, 0.05) is 19.5 Å². The molecular weight excluding hydrogens is 184 g/mol. The Kier molecular flexibility index (Phi) is 3.88. The first-order chi connectivity index (χ1) is 6.69. The molecule has 0 saturated carbocycles. The van der Waals surface area contributed by atoms with E-state index in [0.717, 1.165) is 0 Å². The Morgan fingerprint density at radius 1 is 1.71 bits per heavy atom. The van der Waals surface area contributed by atoms with Crippen molar-refractivity contribution in [3.8, 4) is 0 Å². The molecule has 5 heteroatoms.